The molecule has 1 aromatic heterocycles. The molecule has 4 rings (SSSR count). The summed E-state index contributed by atoms with van der Waals surface area (Å²) in [7, 11) is 0. The van der Waals surface area contributed by atoms with Crippen LogP contribution in [-0.2, 0) is 4.79 Å². The van der Waals surface area contributed by atoms with E-state index < -0.39 is 0 Å². The number of hydrogen-bond donors (Lipinski definition) is 1. The Kier molecular flexibility index (Phi) is 4.61. The number of hydrogen-bond acceptors (Lipinski definition) is 5. The van der Waals surface area contributed by atoms with Gasteiger partial charge in [0, 0.05) is 16.0 Å². The highest BCUT2D eigenvalue weighted by Gasteiger charge is 2.33. The number of aromatic hydroxyl groups is 1. The summed E-state index contributed by atoms with van der Waals surface area (Å²) in [5.41, 5.74) is 3.21. The van der Waals surface area contributed by atoms with E-state index in [9.17, 15) is 9.90 Å². The van der Waals surface area contributed by atoms with E-state index in [0.29, 0.717) is 22.2 Å². The summed E-state index contributed by atoms with van der Waals surface area (Å²) in [6.45, 7) is 3.78. The number of rotatable bonds is 3. The number of furan rings is 1. The van der Waals surface area contributed by atoms with E-state index in [4.69, 9.17) is 16.0 Å². The van der Waals surface area contributed by atoms with Crippen molar-refractivity contribution in [1.82, 2.24) is 5.01 Å². The average Bonchev–Trinajstić information content (AvgIpc) is 3.17. The molecule has 0 spiro atoms. The highest BCUT2D eigenvalue weighted by Crippen LogP contribution is 2.39. The van der Waals surface area contributed by atoms with Crippen molar-refractivity contribution >= 4 is 46.0 Å². The normalized spacial score (nSPS) is 17.9. The molecule has 3 aromatic rings. The van der Waals surface area contributed by atoms with Gasteiger partial charge in [-0.25, -0.2) is 5.01 Å². The molecule has 0 aliphatic carbocycles. The molecule has 2 heterocycles. The SMILES string of the molecule is C/C(=N\N1C(=O)CSC1c1ccc(O)cc1)c1oc2ccc(Cl)cc2c1C. The fourth-order valence-corrected chi connectivity index (χ4v) is 4.41. The summed E-state index contributed by atoms with van der Waals surface area (Å²) in [5, 5.41) is 16.9. The topological polar surface area (TPSA) is 66.0 Å². The number of aryl methyl sites for hydroxylation is 1. The summed E-state index contributed by atoms with van der Waals surface area (Å²) in [6, 6.07) is 12.3. The molecule has 5 nitrogen and oxygen atoms in total. The molecule has 0 radical (unpaired) electrons. The zero-order valence-electron chi connectivity index (χ0n) is 14.8. The number of thioether (sulfide) groups is 1. The first-order valence-corrected chi connectivity index (χ1v) is 9.83. The first kappa shape index (κ1) is 17.9. The molecule has 27 heavy (non-hydrogen) atoms. The van der Waals surface area contributed by atoms with Gasteiger partial charge in [0.05, 0.1) is 5.75 Å². The quantitative estimate of drug-likeness (QED) is 0.621. The number of amides is 1. The number of benzene rings is 2. The summed E-state index contributed by atoms with van der Waals surface area (Å²) in [5.74, 6) is 1.13. The lowest BCUT2D eigenvalue weighted by atomic mass is 10.1. The Labute approximate surface area is 165 Å². The van der Waals surface area contributed by atoms with Gasteiger partial charge in [-0.3, -0.25) is 4.79 Å². The van der Waals surface area contributed by atoms with Crippen LogP contribution in [0.4, 0.5) is 0 Å². The lowest BCUT2D eigenvalue weighted by Crippen LogP contribution is -2.24. The van der Waals surface area contributed by atoms with Gasteiger partial charge in [0.2, 0.25) is 0 Å². The minimum absolute atomic E-state index is 0.0609. The van der Waals surface area contributed by atoms with Gasteiger partial charge in [-0.05, 0) is 49.7 Å². The van der Waals surface area contributed by atoms with Crippen LogP contribution in [0.25, 0.3) is 11.0 Å². The Morgan fingerprint density at radius 2 is 2.04 bits per heavy atom. The Bertz CT molecular complexity index is 1060. The number of nitrogens with zero attached hydrogens (tertiary/aromatic N) is 2. The van der Waals surface area contributed by atoms with Crippen LogP contribution in [0.5, 0.6) is 5.75 Å². The molecule has 1 saturated heterocycles. The minimum Gasteiger partial charge on any atom is -0.508 e. The first-order valence-electron chi connectivity index (χ1n) is 8.41. The summed E-state index contributed by atoms with van der Waals surface area (Å²) >= 11 is 7.59. The predicted octanol–water partition coefficient (Wildman–Crippen LogP) is 5.10. The number of phenolic OH excluding ortho intramolecular Hbond substituents is 1. The molecule has 2 aromatic carbocycles. The Morgan fingerprint density at radius 3 is 2.78 bits per heavy atom. The Hall–Kier alpha value is -2.44. The van der Waals surface area contributed by atoms with E-state index in [2.05, 4.69) is 5.10 Å². The molecule has 1 fully saturated rings. The monoisotopic (exact) mass is 400 g/mol. The van der Waals surface area contributed by atoms with Crippen molar-refractivity contribution in [2.75, 3.05) is 5.75 Å². The van der Waals surface area contributed by atoms with Crippen molar-refractivity contribution in [2.24, 2.45) is 5.10 Å². The minimum atomic E-state index is -0.229. The van der Waals surface area contributed by atoms with E-state index >= 15 is 0 Å². The van der Waals surface area contributed by atoms with Crippen molar-refractivity contribution in [3.8, 4) is 5.75 Å². The molecule has 1 atom stereocenters. The van der Waals surface area contributed by atoms with Crippen LogP contribution < -0.4 is 0 Å². The molecule has 1 N–H and O–H groups in total. The maximum atomic E-state index is 12.4. The van der Waals surface area contributed by atoms with E-state index in [1.807, 2.05) is 26.0 Å². The number of carbonyl (C=O) groups is 1. The van der Waals surface area contributed by atoms with Gasteiger partial charge < -0.3 is 9.52 Å². The number of phenols is 1. The van der Waals surface area contributed by atoms with Gasteiger partial charge in [-0.15, -0.1) is 11.8 Å². The number of fused-ring (bicyclic) bond motifs is 1. The van der Waals surface area contributed by atoms with Gasteiger partial charge in [-0.2, -0.15) is 5.10 Å². The van der Waals surface area contributed by atoms with Crippen LogP contribution in [0.3, 0.4) is 0 Å². The first-order chi connectivity index (χ1) is 12.9. The lowest BCUT2D eigenvalue weighted by molar-refractivity contribution is -0.128. The Balaban J connectivity index is 1.71. The van der Waals surface area contributed by atoms with Crippen molar-refractivity contribution in [1.29, 1.82) is 0 Å². The van der Waals surface area contributed by atoms with E-state index in [0.717, 1.165) is 22.1 Å². The molecular weight excluding hydrogens is 384 g/mol. The standard InChI is InChI=1S/C20H17ClN2O3S/c1-11-16-9-14(21)5-8-17(16)26-19(11)12(2)22-23-18(25)10-27-20(23)13-3-6-15(24)7-4-13/h3-9,20,24H,10H2,1-2H3/b22-12+. The summed E-state index contributed by atoms with van der Waals surface area (Å²) in [4.78, 5) is 12.4. The zero-order valence-corrected chi connectivity index (χ0v) is 16.3. The second-order valence-electron chi connectivity index (χ2n) is 6.38. The van der Waals surface area contributed by atoms with E-state index in [1.54, 1.807) is 30.3 Å². The number of halogens is 1. The van der Waals surface area contributed by atoms with Crippen molar-refractivity contribution in [2.45, 2.75) is 19.2 Å². The van der Waals surface area contributed by atoms with Crippen molar-refractivity contribution in [3.05, 3.63) is 64.4 Å². The maximum Gasteiger partial charge on any atom is 0.254 e. The molecule has 0 saturated carbocycles. The smallest absolute Gasteiger partial charge is 0.254 e. The van der Waals surface area contributed by atoms with Crippen LogP contribution in [0, 0.1) is 6.92 Å². The fraction of sp³-hybridized carbons (Fsp3) is 0.200. The highest BCUT2D eigenvalue weighted by molar-refractivity contribution is 8.00. The zero-order chi connectivity index (χ0) is 19.1. The fourth-order valence-electron chi connectivity index (χ4n) is 3.15. The average molecular weight is 401 g/mol. The van der Waals surface area contributed by atoms with Crippen LogP contribution in [-0.4, -0.2) is 27.5 Å². The molecule has 1 aliphatic rings. The predicted molar refractivity (Wildman–Crippen MR) is 108 cm³/mol. The molecule has 1 unspecified atom stereocenters. The van der Waals surface area contributed by atoms with E-state index in [1.165, 1.54) is 16.8 Å². The van der Waals surface area contributed by atoms with Crippen molar-refractivity contribution < 1.29 is 14.3 Å². The molecule has 1 aliphatic heterocycles. The molecular formula is C20H17ClN2O3S. The molecule has 7 heteroatoms. The summed E-state index contributed by atoms with van der Waals surface area (Å²) in [6.07, 6.45) is 0. The summed E-state index contributed by atoms with van der Waals surface area (Å²) < 4.78 is 5.95. The van der Waals surface area contributed by atoms with Crippen molar-refractivity contribution in [3.63, 3.8) is 0 Å². The van der Waals surface area contributed by atoms with Gasteiger partial charge >= 0.3 is 0 Å². The third-order valence-electron chi connectivity index (χ3n) is 4.51. The number of hydrazone groups is 1. The lowest BCUT2D eigenvalue weighted by Gasteiger charge is -2.19. The van der Waals surface area contributed by atoms with Gasteiger partial charge in [0.1, 0.15) is 22.4 Å². The number of carbonyl (C=O) groups excluding carboxylic acids is 1. The van der Waals surface area contributed by atoms with Gasteiger partial charge in [-0.1, -0.05) is 23.7 Å². The largest absolute Gasteiger partial charge is 0.508 e. The van der Waals surface area contributed by atoms with Crippen LogP contribution >= 0.6 is 23.4 Å². The van der Waals surface area contributed by atoms with Crippen LogP contribution in [0.15, 0.2) is 52.0 Å². The van der Waals surface area contributed by atoms with Gasteiger partial charge in [0.15, 0.2) is 5.76 Å². The molecule has 138 valence electrons. The maximum absolute atomic E-state index is 12.4. The molecule has 1 amide bonds. The Morgan fingerprint density at radius 1 is 1.30 bits per heavy atom. The van der Waals surface area contributed by atoms with Crippen LogP contribution in [0.1, 0.15) is 29.2 Å². The second-order valence-corrected chi connectivity index (χ2v) is 7.88. The van der Waals surface area contributed by atoms with E-state index in [-0.39, 0.29) is 17.0 Å². The van der Waals surface area contributed by atoms with Crippen LogP contribution in [0.2, 0.25) is 5.02 Å². The molecule has 0 bridgehead atoms. The van der Waals surface area contributed by atoms with Gasteiger partial charge in [0.25, 0.3) is 5.91 Å². The second kappa shape index (κ2) is 6.94. The highest BCUT2D eigenvalue weighted by atomic mass is 35.5. The third kappa shape index (κ3) is 3.31. The third-order valence-corrected chi connectivity index (χ3v) is 5.94.